The Hall–Kier alpha value is -1.60. The lowest BCUT2D eigenvalue weighted by Gasteiger charge is -2.16. The number of nitrogens with one attached hydrogen (secondary N) is 1. The lowest BCUT2D eigenvalue weighted by Crippen LogP contribution is -2.24. The molecule has 2 aromatic rings. The molecular formula is C18H23N. The molecule has 100 valence electrons. The van der Waals surface area contributed by atoms with Crippen LogP contribution in [0.2, 0.25) is 0 Å². The van der Waals surface area contributed by atoms with Crippen LogP contribution in [0.5, 0.6) is 0 Å². The highest BCUT2D eigenvalue weighted by Gasteiger charge is 2.07. The highest BCUT2D eigenvalue weighted by atomic mass is 14.9. The maximum Gasteiger partial charge on any atom is 0.00177 e. The standard InChI is InChI=1S/C18H23N/c1-15(17-9-5-3-6-10-17)13-19-14-16(2)18-11-7-4-8-12-18/h3-12,15-16,19H,13-14H2,1-2H3. The highest BCUT2D eigenvalue weighted by molar-refractivity contribution is 5.20. The van der Waals surface area contributed by atoms with E-state index in [0.29, 0.717) is 11.8 Å². The lowest BCUT2D eigenvalue weighted by molar-refractivity contribution is 0.574. The monoisotopic (exact) mass is 253 g/mol. The second-order valence-corrected chi connectivity index (χ2v) is 5.28. The molecule has 2 atom stereocenters. The summed E-state index contributed by atoms with van der Waals surface area (Å²) >= 11 is 0. The van der Waals surface area contributed by atoms with Crippen molar-refractivity contribution in [3.8, 4) is 0 Å². The van der Waals surface area contributed by atoms with Crippen LogP contribution in [0, 0.1) is 0 Å². The fraction of sp³-hybridized carbons (Fsp3) is 0.333. The first kappa shape index (κ1) is 13.8. The van der Waals surface area contributed by atoms with Crippen LogP contribution in [0.1, 0.15) is 36.8 Å². The van der Waals surface area contributed by atoms with Gasteiger partial charge in [0.05, 0.1) is 0 Å². The summed E-state index contributed by atoms with van der Waals surface area (Å²) in [6.45, 7) is 6.60. The Morgan fingerprint density at radius 3 is 1.42 bits per heavy atom. The average molecular weight is 253 g/mol. The fourth-order valence-electron chi connectivity index (χ4n) is 2.32. The van der Waals surface area contributed by atoms with E-state index < -0.39 is 0 Å². The van der Waals surface area contributed by atoms with Gasteiger partial charge in [0.1, 0.15) is 0 Å². The topological polar surface area (TPSA) is 12.0 Å². The average Bonchev–Trinajstić information content (AvgIpc) is 2.49. The summed E-state index contributed by atoms with van der Waals surface area (Å²) < 4.78 is 0. The third kappa shape index (κ3) is 4.22. The molecule has 2 rings (SSSR count). The Morgan fingerprint density at radius 1 is 0.684 bits per heavy atom. The Bertz CT molecular complexity index is 418. The quantitative estimate of drug-likeness (QED) is 0.814. The first-order chi connectivity index (χ1) is 9.27. The van der Waals surface area contributed by atoms with Crippen molar-refractivity contribution in [2.45, 2.75) is 25.7 Å². The van der Waals surface area contributed by atoms with Gasteiger partial charge in [0.15, 0.2) is 0 Å². The Morgan fingerprint density at radius 2 is 1.05 bits per heavy atom. The number of hydrogen-bond donors (Lipinski definition) is 1. The van der Waals surface area contributed by atoms with E-state index >= 15 is 0 Å². The number of hydrogen-bond acceptors (Lipinski definition) is 1. The Labute approximate surface area is 116 Å². The maximum absolute atomic E-state index is 3.58. The molecule has 2 aromatic carbocycles. The number of benzene rings is 2. The first-order valence-electron chi connectivity index (χ1n) is 7.08. The molecule has 0 aromatic heterocycles. The van der Waals surface area contributed by atoms with Crippen LogP contribution in [-0.4, -0.2) is 13.1 Å². The minimum absolute atomic E-state index is 0.559. The molecule has 0 aliphatic carbocycles. The molecule has 0 aliphatic rings. The van der Waals surface area contributed by atoms with E-state index in [1.807, 2.05) is 0 Å². The summed E-state index contributed by atoms with van der Waals surface area (Å²) in [5.41, 5.74) is 2.81. The van der Waals surface area contributed by atoms with Crippen molar-refractivity contribution in [3.05, 3.63) is 71.8 Å². The van der Waals surface area contributed by atoms with Crippen molar-refractivity contribution in [3.63, 3.8) is 0 Å². The van der Waals surface area contributed by atoms with Gasteiger partial charge in [-0.05, 0) is 23.0 Å². The van der Waals surface area contributed by atoms with Crippen molar-refractivity contribution in [1.82, 2.24) is 5.32 Å². The second-order valence-electron chi connectivity index (χ2n) is 5.28. The molecule has 0 saturated carbocycles. The van der Waals surface area contributed by atoms with Gasteiger partial charge in [-0.3, -0.25) is 0 Å². The summed E-state index contributed by atoms with van der Waals surface area (Å²) in [4.78, 5) is 0. The molecule has 0 amide bonds. The summed E-state index contributed by atoms with van der Waals surface area (Å²) in [6, 6.07) is 21.4. The fourth-order valence-corrected chi connectivity index (χ4v) is 2.32. The van der Waals surface area contributed by atoms with Crippen LogP contribution < -0.4 is 5.32 Å². The summed E-state index contributed by atoms with van der Waals surface area (Å²) in [5, 5.41) is 3.58. The van der Waals surface area contributed by atoms with Gasteiger partial charge in [0.25, 0.3) is 0 Å². The van der Waals surface area contributed by atoms with Crippen LogP contribution in [0.15, 0.2) is 60.7 Å². The zero-order chi connectivity index (χ0) is 13.5. The van der Waals surface area contributed by atoms with E-state index in [1.165, 1.54) is 11.1 Å². The molecule has 0 fully saturated rings. The van der Waals surface area contributed by atoms with Gasteiger partial charge in [-0.1, -0.05) is 74.5 Å². The molecular weight excluding hydrogens is 230 g/mol. The minimum atomic E-state index is 0.559. The molecule has 0 radical (unpaired) electrons. The Balaban J connectivity index is 1.78. The highest BCUT2D eigenvalue weighted by Crippen LogP contribution is 2.15. The van der Waals surface area contributed by atoms with Gasteiger partial charge >= 0.3 is 0 Å². The van der Waals surface area contributed by atoms with E-state index in [1.54, 1.807) is 0 Å². The predicted molar refractivity (Wildman–Crippen MR) is 82.6 cm³/mol. The molecule has 0 bridgehead atoms. The van der Waals surface area contributed by atoms with E-state index in [-0.39, 0.29) is 0 Å². The maximum atomic E-state index is 3.58. The third-order valence-corrected chi connectivity index (χ3v) is 3.64. The third-order valence-electron chi connectivity index (χ3n) is 3.64. The molecule has 0 spiro atoms. The second kappa shape index (κ2) is 7.10. The zero-order valence-electron chi connectivity index (χ0n) is 11.8. The van der Waals surface area contributed by atoms with Gasteiger partial charge in [-0.25, -0.2) is 0 Å². The van der Waals surface area contributed by atoms with Crippen LogP contribution in [0.3, 0.4) is 0 Å². The van der Waals surface area contributed by atoms with Crippen LogP contribution in [0.4, 0.5) is 0 Å². The minimum Gasteiger partial charge on any atom is -0.316 e. The van der Waals surface area contributed by atoms with Crippen molar-refractivity contribution < 1.29 is 0 Å². The molecule has 0 saturated heterocycles. The number of rotatable bonds is 6. The molecule has 1 N–H and O–H groups in total. The SMILES string of the molecule is CC(CNCC(C)c1ccccc1)c1ccccc1. The van der Waals surface area contributed by atoms with E-state index in [0.717, 1.165) is 13.1 Å². The van der Waals surface area contributed by atoms with Gasteiger partial charge in [0, 0.05) is 13.1 Å². The molecule has 1 heteroatoms. The summed E-state index contributed by atoms with van der Waals surface area (Å²) in [6.07, 6.45) is 0. The lowest BCUT2D eigenvalue weighted by atomic mass is 9.99. The van der Waals surface area contributed by atoms with Gasteiger partial charge in [0.2, 0.25) is 0 Å². The van der Waals surface area contributed by atoms with E-state index in [2.05, 4.69) is 79.8 Å². The van der Waals surface area contributed by atoms with Gasteiger partial charge < -0.3 is 5.32 Å². The molecule has 2 unspecified atom stereocenters. The van der Waals surface area contributed by atoms with E-state index in [4.69, 9.17) is 0 Å². The van der Waals surface area contributed by atoms with Crippen LogP contribution in [-0.2, 0) is 0 Å². The van der Waals surface area contributed by atoms with E-state index in [9.17, 15) is 0 Å². The van der Waals surface area contributed by atoms with Crippen molar-refractivity contribution in [2.75, 3.05) is 13.1 Å². The summed E-state index contributed by atoms with van der Waals surface area (Å²) in [7, 11) is 0. The largest absolute Gasteiger partial charge is 0.316 e. The zero-order valence-corrected chi connectivity index (χ0v) is 11.8. The summed E-state index contributed by atoms with van der Waals surface area (Å²) in [5.74, 6) is 1.12. The Kier molecular flexibility index (Phi) is 5.17. The normalized spacial score (nSPS) is 14.0. The molecule has 1 nitrogen and oxygen atoms in total. The van der Waals surface area contributed by atoms with Crippen molar-refractivity contribution in [1.29, 1.82) is 0 Å². The molecule has 0 aliphatic heterocycles. The van der Waals surface area contributed by atoms with Crippen LogP contribution in [0.25, 0.3) is 0 Å². The smallest absolute Gasteiger partial charge is 0.00177 e. The van der Waals surface area contributed by atoms with Crippen molar-refractivity contribution in [2.24, 2.45) is 0 Å². The van der Waals surface area contributed by atoms with Gasteiger partial charge in [-0.2, -0.15) is 0 Å². The molecule has 19 heavy (non-hydrogen) atoms. The first-order valence-corrected chi connectivity index (χ1v) is 7.08. The van der Waals surface area contributed by atoms with Crippen molar-refractivity contribution >= 4 is 0 Å². The van der Waals surface area contributed by atoms with Crippen LogP contribution >= 0.6 is 0 Å². The predicted octanol–water partition coefficient (Wildman–Crippen LogP) is 4.18. The van der Waals surface area contributed by atoms with Gasteiger partial charge in [-0.15, -0.1) is 0 Å². The molecule has 0 heterocycles.